The van der Waals surface area contributed by atoms with Crippen LogP contribution in [-0.4, -0.2) is 31.7 Å². The van der Waals surface area contributed by atoms with Crippen LogP contribution in [0.1, 0.15) is 53.5 Å². The van der Waals surface area contributed by atoms with Crippen molar-refractivity contribution in [1.29, 1.82) is 0 Å². The van der Waals surface area contributed by atoms with E-state index in [9.17, 15) is 9.59 Å². The van der Waals surface area contributed by atoms with Gasteiger partial charge in [-0.15, -0.1) is 0 Å². The predicted octanol–water partition coefficient (Wildman–Crippen LogP) is 4.44. The van der Waals surface area contributed by atoms with Crippen molar-refractivity contribution < 1.29 is 23.8 Å². The average Bonchev–Trinajstić information content (AvgIpc) is 2.70. The zero-order valence-corrected chi connectivity index (χ0v) is 16.6. The molecule has 6 heteroatoms. The fraction of sp³-hybridized carbons (Fsp3) is 0.364. The molecule has 2 rings (SSSR count). The molecule has 2 aromatic rings. The Bertz CT molecular complexity index is 786. The maximum Gasteiger partial charge on any atom is 0.338 e. The van der Waals surface area contributed by atoms with Crippen molar-refractivity contribution in [2.45, 2.75) is 33.8 Å². The molecule has 150 valence electrons. The maximum atomic E-state index is 12.6. The Morgan fingerprint density at radius 3 is 2.29 bits per heavy atom. The first kappa shape index (κ1) is 21.4. The molecule has 0 saturated heterocycles. The second-order valence-electron chi connectivity index (χ2n) is 6.06. The topological polar surface area (TPSA) is 73.9 Å². The lowest BCUT2D eigenvalue weighted by atomic mass is 10.1. The van der Waals surface area contributed by atoms with Crippen LogP contribution in [0.25, 0.3) is 0 Å². The fourth-order valence-corrected chi connectivity index (χ4v) is 2.56. The number of hydrogen-bond acceptors (Lipinski definition) is 5. The van der Waals surface area contributed by atoms with Crippen LogP contribution < -0.4 is 10.1 Å². The van der Waals surface area contributed by atoms with Gasteiger partial charge in [0.25, 0.3) is 5.91 Å². The summed E-state index contributed by atoms with van der Waals surface area (Å²) >= 11 is 0. The third-order valence-corrected chi connectivity index (χ3v) is 3.88. The molecule has 28 heavy (non-hydrogen) atoms. The number of anilines is 1. The van der Waals surface area contributed by atoms with Crippen LogP contribution in [0, 0.1) is 0 Å². The maximum absolute atomic E-state index is 12.6. The van der Waals surface area contributed by atoms with Crippen molar-refractivity contribution in [3.05, 3.63) is 59.2 Å². The standard InChI is InChI=1S/C22H27NO5/c1-4-13-26-15-18-14-17(9-12-20(18)27-5-2)21(24)23-19-10-7-16(8-11-19)22(25)28-6-3/h7-12,14H,4-6,13,15H2,1-3H3,(H,23,24). The molecule has 0 aromatic heterocycles. The first-order valence-corrected chi connectivity index (χ1v) is 9.51. The van der Waals surface area contributed by atoms with E-state index in [2.05, 4.69) is 5.32 Å². The molecule has 0 aliphatic rings. The molecule has 0 fully saturated rings. The number of benzene rings is 2. The van der Waals surface area contributed by atoms with Crippen molar-refractivity contribution in [2.75, 3.05) is 25.1 Å². The van der Waals surface area contributed by atoms with Gasteiger partial charge in [-0.2, -0.15) is 0 Å². The Hall–Kier alpha value is -2.86. The van der Waals surface area contributed by atoms with Gasteiger partial charge in [-0.3, -0.25) is 4.79 Å². The Kier molecular flexibility index (Phi) is 8.49. The summed E-state index contributed by atoms with van der Waals surface area (Å²) < 4.78 is 16.2. The third-order valence-electron chi connectivity index (χ3n) is 3.88. The van der Waals surface area contributed by atoms with E-state index in [4.69, 9.17) is 14.2 Å². The van der Waals surface area contributed by atoms with Gasteiger partial charge in [0.1, 0.15) is 5.75 Å². The molecular weight excluding hydrogens is 358 g/mol. The van der Waals surface area contributed by atoms with Gasteiger partial charge in [-0.1, -0.05) is 6.92 Å². The minimum Gasteiger partial charge on any atom is -0.494 e. The van der Waals surface area contributed by atoms with Crippen molar-refractivity contribution >= 4 is 17.6 Å². The first-order valence-electron chi connectivity index (χ1n) is 9.51. The molecule has 0 spiro atoms. The van der Waals surface area contributed by atoms with Gasteiger partial charge in [0.05, 0.1) is 25.4 Å². The molecule has 0 unspecified atom stereocenters. The van der Waals surface area contributed by atoms with Crippen LogP contribution in [0.2, 0.25) is 0 Å². The molecule has 0 bridgehead atoms. The molecule has 0 heterocycles. The van der Waals surface area contributed by atoms with Gasteiger partial charge >= 0.3 is 5.97 Å². The molecule has 1 N–H and O–H groups in total. The Morgan fingerprint density at radius 1 is 0.929 bits per heavy atom. The third kappa shape index (κ3) is 6.09. The summed E-state index contributed by atoms with van der Waals surface area (Å²) in [6, 6.07) is 11.9. The minimum absolute atomic E-state index is 0.247. The van der Waals surface area contributed by atoms with Crippen molar-refractivity contribution in [1.82, 2.24) is 0 Å². The second-order valence-corrected chi connectivity index (χ2v) is 6.06. The Balaban J connectivity index is 2.10. The highest BCUT2D eigenvalue weighted by atomic mass is 16.5. The number of esters is 1. The van der Waals surface area contributed by atoms with Gasteiger partial charge in [-0.05, 0) is 62.7 Å². The molecular formula is C22H27NO5. The number of hydrogen-bond donors (Lipinski definition) is 1. The summed E-state index contributed by atoms with van der Waals surface area (Å²) in [4.78, 5) is 24.3. The van der Waals surface area contributed by atoms with E-state index in [0.717, 1.165) is 12.0 Å². The summed E-state index contributed by atoms with van der Waals surface area (Å²) in [7, 11) is 0. The Morgan fingerprint density at radius 2 is 1.64 bits per heavy atom. The van der Waals surface area contributed by atoms with Gasteiger partial charge in [-0.25, -0.2) is 4.79 Å². The normalized spacial score (nSPS) is 10.4. The number of carbonyl (C=O) groups is 2. The summed E-state index contributed by atoms with van der Waals surface area (Å²) in [5.74, 6) is 0.0845. The fourth-order valence-electron chi connectivity index (χ4n) is 2.56. The largest absolute Gasteiger partial charge is 0.494 e. The van der Waals surface area contributed by atoms with Crippen molar-refractivity contribution in [3.63, 3.8) is 0 Å². The number of amides is 1. The van der Waals surface area contributed by atoms with Crippen LogP contribution >= 0.6 is 0 Å². The highest BCUT2D eigenvalue weighted by molar-refractivity contribution is 6.04. The highest BCUT2D eigenvalue weighted by Crippen LogP contribution is 2.22. The van der Waals surface area contributed by atoms with E-state index in [1.165, 1.54) is 0 Å². The van der Waals surface area contributed by atoms with E-state index in [1.807, 2.05) is 13.8 Å². The Labute approximate surface area is 165 Å². The highest BCUT2D eigenvalue weighted by Gasteiger charge is 2.12. The van der Waals surface area contributed by atoms with Gasteiger partial charge in [0.2, 0.25) is 0 Å². The lowest BCUT2D eigenvalue weighted by molar-refractivity contribution is 0.0526. The lowest BCUT2D eigenvalue weighted by Gasteiger charge is -2.13. The summed E-state index contributed by atoms with van der Waals surface area (Å²) in [6.07, 6.45) is 0.923. The second kappa shape index (κ2) is 11.1. The predicted molar refractivity (Wildman–Crippen MR) is 108 cm³/mol. The summed E-state index contributed by atoms with van der Waals surface area (Å²) in [5.41, 5.74) is 2.38. The number of ether oxygens (including phenoxy) is 3. The molecule has 0 aliphatic heterocycles. The van der Waals surface area contributed by atoms with Crippen LogP contribution in [0.3, 0.4) is 0 Å². The van der Waals surface area contributed by atoms with Crippen LogP contribution in [0.4, 0.5) is 5.69 Å². The molecule has 0 saturated carbocycles. The molecule has 6 nitrogen and oxygen atoms in total. The van der Waals surface area contributed by atoms with E-state index >= 15 is 0 Å². The van der Waals surface area contributed by atoms with Crippen LogP contribution in [-0.2, 0) is 16.1 Å². The number of rotatable bonds is 10. The number of nitrogens with one attached hydrogen (secondary N) is 1. The zero-order chi connectivity index (χ0) is 20.4. The molecule has 2 aromatic carbocycles. The van der Waals surface area contributed by atoms with Crippen molar-refractivity contribution in [3.8, 4) is 5.75 Å². The first-order chi connectivity index (χ1) is 13.6. The van der Waals surface area contributed by atoms with Gasteiger partial charge < -0.3 is 19.5 Å². The molecule has 1 amide bonds. The van der Waals surface area contributed by atoms with Gasteiger partial charge in [0.15, 0.2) is 0 Å². The van der Waals surface area contributed by atoms with Crippen LogP contribution in [0.15, 0.2) is 42.5 Å². The van der Waals surface area contributed by atoms with E-state index in [-0.39, 0.29) is 11.9 Å². The number of carbonyl (C=O) groups excluding carboxylic acids is 2. The molecule has 0 radical (unpaired) electrons. The smallest absolute Gasteiger partial charge is 0.338 e. The van der Waals surface area contributed by atoms with E-state index in [1.54, 1.807) is 49.4 Å². The minimum atomic E-state index is -0.386. The lowest BCUT2D eigenvalue weighted by Crippen LogP contribution is -2.13. The quantitative estimate of drug-likeness (QED) is 0.483. The van der Waals surface area contributed by atoms with Crippen LogP contribution in [0.5, 0.6) is 5.75 Å². The van der Waals surface area contributed by atoms with E-state index in [0.29, 0.717) is 49.0 Å². The van der Waals surface area contributed by atoms with E-state index < -0.39 is 0 Å². The monoisotopic (exact) mass is 385 g/mol. The van der Waals surface area contributed by atoms with Gasteiger partial charge in [0, 0.05) is 23.4 Å². The molecule has 0 aliphatic carbocycles. The van der Waals surface area contributed by atoms with Crippen molar-refractivity contribution in [2.24, 2.45) is 0 Å². The average molecular weight is 385 g/mol. The SMILES string of the molecule is CCCOCc1cc(C(=O)Nc2ccc(C(=O)OCC)cc2)ccc1OCC. The summed E-state index contributed by atoms with van der Waals surface area (Å²) in [5, 5.41) is 2.83. The summed E-state index contributed by atoms with van der Waals surface area (Å²) in [6.45, 7) is 7.61. The zero-order valence-electron chi connectivity index (χ0n) is 16.6. The molecule has 0 atom stereocenters.